The number of ether oxygens (including phenoxy) is 1. The molecule has 0 radical (unpaired) electrons. The Morgan fingerprint density at radius 3 is 2.18 bits per heavy atom. The van der Waals surface area contributed by atoms with Gasteiger partial charge in [0, 0.05) is 25.9 Å². The molecule has 3 rings (SSSR count). The molecule has 1 atom stereocenters. The highest BCUT2D eigenvalue weighted by Gasteiger charge is 2.29. The molecule has 2 amide bonds. The first kappa shape index (κ1) is 25.0. The molecule has 0 saturated heterocycles. The maximum absolute atomic E-state index is 13.4. The number of nitrogens with zero attached hydrogens (tertiary/aromatic N) is 1. The average molecular weight is 463 g/mol. The summed E-state index contributed by atoms with van der Waals surface area (Å²) >= 11 is 0. The largest absolute Gasteiger partial charge is 0.497 e. The summed E-state index contributed by atoms with van der Waals surface area (Å²) in [6.45, 7) is 2.50. The van der Waals surface area contributed by atoms with Crippen molar-refractivity contribution in [3.8, 4) is 5.75 Å². The Labute approximate surface area is 200 Å². The van der Waals surface area contributed by atoms with Crippen LogP contribution in [-0.2, 0) is 29.1 Å². The third kappa shape index (κ3) is 7.17. The molecule has 1 N–H and O–H groups in total. The van der Waals surface area contributed by atoms with E-state index in [9.17, 15) is 14.0 Å². The number of amides is 2. The zero-order valence-corrected chi connectivity index (χ0v) is 19.7. The third-order valence-electron chi connectivity index (χ3n) is 5.63. The average Bonchev–Trinajstić information content (AvgIpc) is 2.87. The Kier molecular flexibility index (Phi) is 9.21. The quantitative estimate of drug-likeness (QED) is 0.441. The van der Waals surface area contributed by atoms with Gasteiger partial charge in [-0.25, -0.2) is 4.39 Å². The van der Waals surface area contributed by atoms with Gasteiger partial charge in [-0.3, -0.25) is 9.59 Å². The number of hydrogen-bond donors (Lipinski definition) is 1. The van der Waals surface area contributed by atoms with Gasteiger partial charge in [-0.15, -0.1) is 0 Å². The van der Waals surface area contributed by atoms with E-state index in [0.717, 1.165) is 22.4 Å². The predicted octanol–water partition coefficient (Wildman–Crippen LogP) is 4.89. The van der Waals surface area contributed by atoms with Crippen molar-refractivity contribution in [3.63, 3.8) is 0 Å². The summed E-state index contributed by atoms with van der Waals surface area (Å²) in [5, 5.41) is 3.00. The van der Waals surface area contributed by atoms with Crippen LogP contribution < -0.4 is 10.1 Å². The molecule has 0 aromatic heterocycles. The molecule has 6 heteroatoms. The second kappa shape index (κ2) is 12.5. The van der Waals surface area contributed by atoms with E-state index in [1.165, 1.54) is 12.1 Å². The minimum absolute atomic E-state index is 0.104. The van der Waals surface area contributed by atoms with Crippen LogP contribution in [0.2, 0.25) is 0 Å². The van der Waals surface area contributed by atoms with Gasteiger partial charge in [-0.1, -0.05) is 61.5 Å². The van der Waals surface area contributed by atoms with Crippen LogP contribution in [0.25, 0.3) is 0 Å². The Bertz CT molecular complexity index is 1050. The van der Waals surface area contributed by atoms with Crippen molar-refractivity contribution in [1.29, 1.82) is 0 Å². The zero-order valence-electron chi connectivity index (χ0n) is 19.7. The first-order valence-electron chi connectivity index (χ1n) is 11.5. The van der Waals surface area contributed by atoms with E-state index in [4.69, 9.17) is 4.74 Å². The molecule has 0 unspecified atom stereocenters. The van der Waals surface area contributed by atoms with Gasteiger partial charge in [0.2, 0.25) is 11.8 Å². The Morgan fingerprint density at radius 2 is 1.56 bits per heavy atom. The second-order valence-electron chi connectivity index (χ2n) is 8.17. The standard InChI is InChI=1S/C28H31FN2O3/c1-3-7-27(32)31(20-23-10-14-24(29)15-11-23)26(18-21-8-5-4-6-9-21)28(33)30-19-22-12-16-25(34-2)17-13-22/h4-6,8-17,26H,3,7,18-20H2,1-2H3,(H,30,33)/t26-/m1/s1. The van der Waals surface area contributed by atoms with Gasteiger partial charge in [0.1, 0.15) is 17.6 Å². The van der Waals surface area contributed by atoms with Gasteiger partial charge in [0.25, 0.3) is 0 Å². The van der Waals surface area contributed by atoms with E-state index in [1.54, 1.807) is 24.1 Å². The van der Waals surface area contributed by atoms with Crippen LogP contribution in [0.5, 0.6) is 5.75 Å². The minimum Gasteiger partial charge on any atom is -0.497 e. The van der Waals surface area contributed by atoms with Crippen LogP contribution in [0, 0.1) is 5.82 Å². The van der Waals surface area contributed by atoms with Crippen molar-refractivity contribution in [1.82, 2.24) is 10.2 Å². The lowest BCUT2D eigenvalue weighted by Crippen LogP contribution is -2.50. The highest BCUT2D eigenvalue weighted by molar-refractivity contribution is 5.88. The number of methoxy groups -OCH3 is 1. The van der Waals surface area contributed by atoms with Crippen molar-refractivity contribution in [2.24, 2.45) is 0 Å². The van der Waals surface area contributed by atoms with E-state index in [-0.39, 0.29) is 24.2 Å². The Hall–Kier alpha value is -3.67. The lowest BCUT2D eigenvalue weighted by molar-refractivity contribution is -0.141. The van der Waals surface area contributed by atoms with Crippen LogP contribution in [0.4, 0.5) is 4.39 Å². The number of benzene rings is 3. The van der Waals surface area contributed by atoms with E-state index in [2.05, 4.69) is 5.32 Å². The number of halogens is 1. The van der Waals surface area contributed by atoms with Gasteiger partial charge in [0.05, 0.1) is 7.11 Å². The van der Waals surface area contributed by atoms with Gasteiger partial charge in [-0.05, 0) is 47.4 Å². The molecule has 5 nitrogen and oxygen atoms in total. The molecule has 0 aliphatic carbocycles. The van der Waals surface area contributed by atoms with E-state index >= 15 is 0 Å². The summed E-state index contributed by atoms with van der Waals surface area (Å²) in [7, 11) is 1.61. The third-order valence-corrected chi connectivity index (χ3v) is 5.63. The first-order chi connectivity index (χ1) is 16.5. The maximum Gasteiger partial charge on any atom is 0.243 e. The van der Waals surface area contributed by atoms with E-state index in [1.807, 2.05) is 61.5 Å². The maximum atomic E-state index is 13.4. The van der Waals surface area contributed by atoms with E-state index in [0.29, 0.717) is 25.8 Å². The fraction of sp³-hybridized carbons (Fsp3) is 0.286. The molecule has 0 aliphatic rings. The molecule has 34 heavy (non-hydrogen) atoms. The summed E-state index contributed by atoms with van der Waals surface area (Å²) in [6, 6.07) is 22.4. The summed E-state index contributed by atoms with van der Waals surface area (Å²) in [6.07, 6.45) is 1.38. The van der Waals surface area contributed by atoms with Gasteiger partial charge in [0.15, 0.2) is 0 Å². The van der Waals surface area contributed by atoms with E-state index < -0.39 is 6.04 Å². The number of carbonyl (C=O) groups is 2. The Morgan fingerprint density at radius 1 is 0.912 bits per heavy atom. The van der Waals surface area contributed by atoms with Crippen LogP contribution in [-0.4, -0.2) is 29.9 Å². The molecule has 178 valence electrons. The summed E-state index contributed by atoms with van der Waals surface area (Å²) in [5.74, 6) is 0.0690. The molecule has 3 aromatic rings. The SMILES string of the molecule is CCCC(=O)N(Cc1ccc(F)cc1)[C@H](Cc1ccccc1)C(=O)NCc1ccc(OC)cc1. The van der Waals surface area contributed by atoms with Crippen LogP contribution in [0.15, 0.2) is 78.9 Å². The first-order valence-corrected chi connectivity index (χ1v) is 11.5. The van der Waals surface area contributed by atoms with Crippen LogP contribution >= 0.6 is 0 Å². The lowest BCUT2D eigenvalue weighted by Gasteiger charge is -2.31. The molecule has 0 saturated carbocycles. The minimum atomic E-state index is -0.704. The Balaban J connectivity index is 1.85. The number of carbonyl (C=O) groups excluding carboxylic acids is 2. The van der Waals surface area contributed by atoms with Crippen molar-refractivity contribution >= 4 is 11.8 Å². The van der Waals surface area contributed by atoms with Gasteiger partial charge in [-0.2, -0.15) is 0 Å². The molecule has 0 aliphatic heterocycles. The smallest absolute Gasteiger partial charge is 0.243 e. The molecule has 0 fully saturated rings. The van der Waals surface area contributed by atoms with Crippen molar-refractivity contribution in [3.05, 3.63) is 101 Å². The highest BCUT2D eigenvalue weighted by atomic mass is 19.1. The van der Waals surface area contributed by atoms with Gasteiger partial charge >= 0.3 is 0 Å². The van der Waals surface area contributed by atoms with Gasteiger partial charge < -0.3 is 15.0 Å². The van der Waals surface area contributed by atoms with Crippen LogP contribution in [0.1, 0.15) is 36.5 Å². The second-order valence-corrected chi connectivity index (χ2v) is 8.17. The number of rotatable bonds is 11. The normalized spacial score (nSPS) is 11.5. The highest BCUT2D eigenvalue weighted by Crippen LogP contribution is 2.17. The molecule has 3 aromatic carbocycles. The summed E-state index contributed by atoms with van der Waals surface area (Å²) in [4.78, 5) is 28.2. The number of hydrogen-bond acceptors (Lipinski definition) is 3. The molecular formula is C28H31FN2O3. The molecule has 0 bridgehead atoms. The van der Waals surface area contributed by atoms with Crippen LogP contribution in [0.3, 0.4) is 0 Å². The molecule has 0 heterocycles. The topological polar surface area (TPSA) is 58.6 Å². The molecule has 0 spiro atoms. The molecular weight excluding hydrogens is 431 g/mol. The summed E-state index contributed by atoms with van der Waals surface area (Å²) in [5.41, 5.74) is 2.66. The predicted molar refractivity (Wildman–Crippen MR) is 131 cm³/mol. The van der Waals surface area contributed by atoms with Crippen molar-refractivity contribution in [2.75, 3.05) is 7.11 Å². The fourth-order valence-corrected chi connectivity index (χ4v) is 3.75. The monoisotopic (exact) mass is 462 g/mol. The van der Waals surface area contributed by atoms with Crippen molar-refractivity contribution in [2.45, 2.75) is 45.3 Å². The summed E-state index contributed by atoms with van der Waals surface area (Å²) < 4.78 is 18.6. The lowest BCUT2D eigenvalue weighted by atomic mass is 10.0. The van der Waals surface area contributed by atoms with Crippen molar-refractivity contribution < 1.29 is 18.7 Å². The zero-order chi connectivity index (χ0) is 24.3. The number of nitrogens with one attached hydrogen (secondary N) is 1. The fourth-order valence-electron chi connectivity index (χ4n) is 3.75.